The van der Waals surface area contributed by atoms with Crippen molar-refractivity contribution < 1.29 is 14.0 Å². The predicted octanol–water partition coefficient (Wildman–Crippen LogP) is 2.93. The Kier molecular flexibility index (Phi) is 4.14. The zero-order chi connectivity index (χ0) is 18.8. The van der Waals surface area contributed by atoms with E-state index in [4.69, 9.17) is 10.2 Å². The van der Waals surface area contributed by atoms with Gasteiger partial charge in [0.15, 0.2) is 0 Å². The summed E-state index contributed by atoms with van der Waals surface area (Å²) in [7, 11) is 0. The summed E-state index contributed by atoms with van der Waals surface area (Å²) in [6.07, 6.45) is 0. The van der Waals surface area contributed by atoms with Crippen LogP contribution in [0.4, 0.5) is 0 Å². The fourth-order valence-corrected chi connectivity index (χ4v) is 2.89. The molecule has 0 fully saturated rings. The van der Waals surface area contributed by atoms with E-state index in [2.05, 4.69) is 10.5 Å². The van der Waals surface area contributed by atoms with Gasteiger partial charge in [0.25, 0.3) is 11.8 Å². The Morgan fingerprint density at radius 1 is 0.889 bits per heavy atom. The Hall–Kier alpha value is -3.93. The molecule has 0 spiro atoms. The van der Waals surface area contributed by atoms with Gasteiger partial charge in [0, 0.05) is 10.9 Å². The van der Waals surface area contributed by atoms with E-state index in [1.807, 2.05) is 36.4 Å². The van der Waals surface area contributed by atoms with Gasteiger partial charge in [-0.25, -0.2) is 5.43 Å². The minimum atomic E-state index is -0.693. The first kappa shape index (κ1) is 16.5. The van der Waals surface area contributed by atoms with Gasteiger partial charge in [-0.2, -0.15) is 0 Å². The normalized spacial score (nSPS) is 11.6. The van der Waals surface area contributed by atoms with Crippen molar-refractivity contribution in [3.63, 3.8) is 0 Å². The molecule has 1 aromatic heterocycles. The highest BCUT2D eigenvalue weighted by molar-refractivity contribution is 6.07. The lowest BCUT2D eigenvalue weighted by atomic mass is 10.0. The second-order valence-electron chi connectivity index (χ2n) is 5.95. The van der Waals surface area contributed by atoms with E-state index in [1.54, 1.807) is 36.4 Å². The summed E-state index contributed by atoms with van der Waals surface area (Å²) < 4.78 is 5.77. The molecule has 4 aromatic rings. The quantitative estimate of drug-likeness (QED) is 0.436. The summed E-state index contributed by atoms with van der Waals surface area (Å²) in [5.74, 6) is -1.11. The van der Waals surface area contributed by atoms with Crippen molar-refractivity contribution in [1.29, 1.82) is 0 Å². The molecule has 0 aliphatic carbocycles. The van der Waals surface area contributed by atoms with Gasteiger partial charge in [0.2, 0.25) is 5.55 Å². The Bertz CT molecular complexity index is 1240. The topological polar surface area (TPSA) is 97.7 Å². The van der Waals surface area contributed by atoms with Crippen molar-refractivity contribution in [3.05, 3.63) is 89.5 Å². The molecule has 0 atom stereocenters. The number of nitrogens with one attached hydrogen (secondary N) is 1. The monoisotopic (exact) mass is 357 g/mol. The van der Waals surface area contributed by atoms with Crippen molar-refractivity contribution in [2.45, 2.75) is 0 Å². The highest BCUT2D eigenvalue weighted by Gasteiger charge is 2.12. The minimum absolute atomic E-state index is 0.0467. The molecule has 0 aliphatic heterocycles. The van der Waals surface area contributed by atoms with Crippen LogP contribution in [-0.2, 0) is 0 Å². The molecule has 27 heavy (non-hydrogen) atoms. The molecule has 0 radical (unpaired) electrons. The van der Waals surface area contributed by atoms with E-state index in [9.17, 15) is 9.59 Å². The van der Waals surface area contributed by atoms with Gasteiger partial charge in [-0.05, 0) is 35.0 Å². The van der Waals surface area contributed by atoms with Crippen molar-refractivity contribution in [1.82, 2.24) is 5.43 Å². The lowest BCUT2D eigenvalue weighted by molar-refractivity contribution is 0.0946. The van der Waals surface area contributed by atoms with E-state index in [0.29, 0.717) is 11.1 Å². The zero-order valence-corrected chi connectivity index (χ0v) is 14.2. The maximum absolute atomic E-state index is 12.2. The SMILES string of the molecule is NC(=O)c1cc2c(ccc3ccccc32)o/c1=N/NC(=O)c1ccccc1. The number of benzene rings is 3. The van der Waals surface area contributed by atoms with Crippen LogP contribution in [0.5, 0.6) is 0 Å². The molecule has 6 heteroatoms. The largest absolute Gasteiger partial charge is 0.436 e. The molecule has 6 nitrogen and oxygen atoms in total. The molecule has 1 heterocycles. The Morgan fingerprint density at radius 2 is 1.63 bits per heavy atom. The number of primary amides is 1. The second kappa shape index (κ2) is 6.76. The van der Waals surface area contributed by atoms with Gasteiger partial charge in [-0.1, -0.05) is 48.5 Å². The molecular weight excluding hydrogens is 342 g/mol. The van der Waals surface area contributed by atoms with Gasteiger partial charge < -0.3 is 10.2 Å². The fourth-order valence-electron chi connectivity index (χ4n) is 2.89. The van der Waals surface area contributed by atoms with E-state index >= 15 is 0 Å². The van der Waals surface area contributed by atoms with Gasteiger partial charge in [0.05, 0.1) is 0 Å². The molecule has 3 N–H and O–H groups in total. The number of carbonyl (C=O) groups is 2. The van der Waals surface area contributed by atoms with Gasteiger partial charge >= 0.3 is 0 Å². The first-order chi connectivity index (χ1) is 13.1. The first-order valence-electron chi connectivity index (χ1n) is 8.28. The summed E-state index contributed by atoms with van der Waals surface area (Å²) in [5, 5.41) is 6.66. The highest BCUT2D eigenvalue weighted by atomic mass is 16.3. The third-order valence-electron chi connectivity index (χ3n) is 4.22. The van der Waals surface area contributed by atoms with E-state index in [-0.39, 0.29) is 11.1 Å². The van der Waals surface area contributed by atoms with Crippen molar-refractivity contribution >= 4 is 33.6 Å². The third kappa shape index (κ3) is 3.16. The molecule has 0 saturated carbocycles. The van der Waals surface area contributed by atoms with E-state index < -0.39 is 11.8 Å². The van der Waals surface area contributed by atoms with Crippen LogP contribution in [0.25, 0.3) is 21.7 Å². The van der Waals surface area contributed by atoms with Crippen LogP contribution >= 0.6 is 0 Å². The van der Waals surface area contributed by atoms with Crippen molar-refractivity contribution in [2.24, 2.45) is 10.8 Å². The van der Waals surface area contributed by atoms with Crippen molar-refractivity contribution in [2.75, 3.05) is 0 Å². The molecule has 0 bridgehead atoms. The Morgan fingerprint density at radius 3 is 2.41 bits per heavy atom. The first-order valence-corrected chi connectivity index (χ1v) is 8.28. The molecule has 3 aromatic carbocycles. The molecule has 0 saturated heterocycles. The van der Waals surface area contributed by atoms with Crippen LogP contribution < -0.4 is 16.7 Å². The number of rotatable bonds is 3. The standard InChI is InChI=1S/C21H15N3O3/c22-19(25)17-12-16-15-9-5-4-6-13(15)10-11-18(16)27-21(17)24-23-20(26)14-7-2-1-3-8-14/h1-12H,(H2,22,25)(H,23,26)/b24-21+. The van der Waals surface area contributed by atoms with Crippen LogP contribution in [0, 0.1) is 0 Å². The minimum Gasteiger partial charge on any atom is -0.436 e. The molecule has 0 unspecified atom stereocenters. The highest BCUT2D eigenvalue weighted by Crippen LogP contribution is 2.24. The maximum atomic E-state index is 12.2. The summed E-state index contributed by atoms with van der Waals surface area (Å²) in [6.45, 7) is 0. The van der Waals surface area contributed by atoms with E-state index in [1.165, 1.54) is 0 Å². The average molecular weight is 357 g/mol. The Balaban J connectivity index is 1.84. The summed E-state index contributed by atoms with van der Waals surface area (Å²) in [6, 6.07) is 21.7. The second-order valence-corrected chi connectivity index (χ2v) is 5.95. The molecular formula is C21H15N3O3. The Labute approximate surface area is 153 Å². The number of fused-ring (bicyclic) bond motifs is 3. The number of carbonyl (C=O) groups excluding carboxylic acids is 2. The summed E-state index contributed by atoms with van der Waals surface area (Å²) >= 11 is 0. The predicted molar refractivity (Wildman–Crippen MR) is 102 cm³/mol. The average Bonchev–Trinajstić information content (AvgIpc) is 2.71. The summed E-state index contributed by atoms with van der Waals surface area (Å²) in [5.41, 5.74) is 8.91. The number of amides is 2. The molecule has 2 amide bonds. The molecule has 132 valence electrons. The smallest absolute Gasteiger partial charge is 0.271 e. The number of hydrogen-bond donors (Lipinski definition) is 2. The van der Waals surface area contributed by atoms with Crippen LogP contribution in [-0.4, -0.2) is 11.8 Å². The molecule has 4 rings (SSSR count). The lowest BCUT2D eigenvalue weighted by Crippen LogP contribution is -2.27. The number of nitrogens with zero attached hydrogens (tertiary/aromatic N) is 1. The van der Waals surface area contributed by atoms with Crippen LogP contribution in [0.15, 0.2) is 82.3 Å². The van der Waals surface area contributed by atoms with Crippen LogP contribution in [0.1, 0.15) is 20.7 Å². The van der Waals surface area contributed by atoms with Gasteiger partial charge in [0.1, 0.15) is 11.1 Å². The van der Waals surface area contributed by atoms with Crippen LogP contribution in [0.3, 0.4) is 0 Å². The number of nitrogens with two attached hydrogens (primary N) is 1. The van der Waals surface area contributed by atoms with E-state index in [0.717, 1.165) is 16.2 Å². The summed E-state index contributed by atoms with van der Waals surface area (Å²) in [4.78, 5) is 24.1. The van der Waals surface area contributed by atoms with Crippen molar-refractivity contribution in [3.8, 4) is 0 Å². The number of hydrogen-bond acceptors (Lipinski definition) is 4. The van der Waals surface area contributed by atoms with Gasteiger partial charge in [-0.3, -0.25) is 9.59 Å². The maximum Gasteiger partial charge on any atom is 0.271 e. The third-order valence-corrected chi connectivity index (χ3v) is 4.22. The molecule has 0 aliphatic rings. The lowest BCUT2D eigenvalue weighted by Gasteiger charge is -2.06. The van der Waals surface area contributed by atoms with Gasteiger partial charge in [-0.15, -0.1) is 5.10 Å². The van der Waals surface area contributed by atoms with Crippen LogP contribution in [0.2, 0.25) is 0 Å². The zero-order valence-electron chi connectivity index (χ0n) is 14.2. The fraction of sp³-hybridized carbons (Fsp3) is 0.